The molecule has 1 aromatic heterocycles. The van der Waals surface area contributed by atoms with E-state index in [4.69, 9.17) is 11.0 Å². The van der Waals surface area contributed by atoms with Crippen molar-refractivity contribution in [2.45, 2.75) is 12.5 Å². The van der Waals surface area contributed by atoms with E-state index < -0.39 is 0 Å². The van der Waals surface area contributed by atoms with Crippen LogP contribution in [0.5, 0.6) is 0 Å². The Labute approximate surface area is 121 Å². The van der Waals surface area contributed by atoms with Crippen LogP contribution in [0.3, 0.4) is 0 Å². The highest BCUT2D eigenvalue weighted by Crippen LogP contribution is 2.27. The lowest BCUT2D eigenvalue weighted by atomic mass is 10.0. The Hall–Kier alpha value is -2.22. The topological polar surface area (TPSA) is 62.7 Å². The van der Waals surface area contributed by atoms with Gasteiger partial charge in [0.05, 0.1) is 27.9 Å². The van der Waals surface area contributed by atoms with Gasteiger partial charge in [-0.05, 0) is 36.2 Å². The Morgan fingerprint density at radius 2 is 2.05 bits per heavy atom. The summed E-state index contributed by atoms with van der Waals surface area (Å²) < 4.78 is 1.16. The smallest absolute Gasteiger partial charge is 0.111 e. The van der Waals surface area contributed by atoms with Crippen molar-refractivity contribution in [3.05, 3.63) is 64.7 Å². The molecule has 2 N–H and O–H groups in total. The Morgan fingerprint density at radius 1 is 1.20 bits per heavy atom. The highest BCUT2D eigenvalue weighted by Gasteiger charge is 2.12. The lowest BCUT2D eigenvalue weighted by Gasteiger charge is -2.08. The Bertz CT molecular complexity index is 753. The molecule has 4 heteroatoms. The quantitative estimate of drug-likeness (QED) is 0.799. The summed E-state index contributed by atoms with van der Waals surface area (Å²) in [5, 5.41) is 9.86. The lowest BCUT2D eigenvalue weighted by Crippen LogP contribution is -2.13. The lowest BCUT2D eigenvalue weighted by molar-refractivity contribution is 0.717. The molecule has 0 spiro atoms. The largest absolute Gasteiger partial charge is 0.322 e. The number of fused-ring (bicyclic) bond motifs is 1. The second-order valence-corrected chi connectivity index (χ2v) is 5.70. The molecule has 98 valence electrons. The fraction of sp³-hybridized carbons (Fsp3) is 0.125. The molecule has 3 rings (SSSR count). The van der Waals surface area contributed by atoms with Gasteiger partial charge in [0.2, 0.25) is 0 Å². The molecule has 1 unspecified atom stereocenters. The van der Waals surface area contributed by atoms with Crippen molar-refractivity contribution >= 4 is 21.6 Å². The molecule has 0 aliphatic rings. The first kappa shape index (κ1) is 12.8. The van der Waals surface area contributed by atoms with E-state index in [1.165, 1.54) is 0 Å². The van der Waals surface area contributed by atoms with E-state index >= 15 is 0 Å². The van der Waals surface area contributed by atoms with Crippen molar-refractivity contribution in [2.24, 2.45) is 5.73 Å². The molecule has 0 bridgehead atoms. The van der Waals surface area contributed by atoms with E-state index in [0.717, 1.165) is 20.8 Å². The minimum absolute atomic E-state index is 0.138. The van der Waals surface area contributed by atoms with Crippen LogP contribution >= 0.6 is 11.3 Å². The van der Waals surface area contributed by atoms with Crippen molar-refractivity contribution in [1.82, 2.24) is 4.98 Å². The number of nitrogens with two attached hydrogens (primary N) is 1. The first-order chi connectivity index (χ1) is 9.76. The number of benzene rings is 2. The van der Waals surface area contributed by atoms with E-state index in [9.17, 15) is 0 Å². The molecule has 0 fully saturated rings. The first-order valence-electron chi connectivity index (χ1n) is 6.36. The molecule has 3 nitrogen and oxygen atoms in total. The number of nitriles is 1. The summed E-state index contributed by atoms with van der Waals surface area (Å²) >= 11 is 1.63. The standard InChI is InChI=1S/C16H13N3S/c17-10-12-5-3-4-11(8-12)9-13(18)16-19-14-6-1-2-7-15(14)20-16/h1-8,13H,9,18H2. The van der Waals surface area contributed by atoms with Gasteiger partial charge in [0.15, 0.2) is 0 Å². The molecule has 0 amide bonds. The van der Waals surface area contributed by atoms with Gasteiger partial charge in [-0.3, -0.25) is 0 Å². The number of hydrogen-bond donors (Lipinski definition) is 1. The number of hydrogen-bond acceptors (Lipinski definition) is 4. The maximum absolute atomic E-state index is 8.92. The van der Waals surface area contributed by atoms with Gasteiger partial charge in [-0.2, -0.15) is 5.26 Å². The number of para-hydroxylation sites is 1. The third-order valence-electron chi connectivity index (χ3n) is 3.14. The van der Waals surface area contributed by atoms with Crippen LogP contribution in [0.2, 0.25) is 0 Å². The van der Waals surface area contributed by atoms with Gasteiger partial charge >= 0.3 is 0 Å². The zero-order valence-electron chi connectivity index (χ0n) is 10.8. The van der Waals surface area contributed by atoms with Crippen molar-refractivity contribution in [3.63, 3.8) is 0 Å². The van der Waals surface area contributed by atoms with E-state index in [-0.39, 0.29) is 6.04 Å². The second-order valence-electron chi connectivity index (χ2n) is 4.64. The molecule has 3 aromatic rings. The molecule has 0 radical (unpaired) electrons. The third kappa shape index (κ3) is 2.55. The molecule has 1 atom stereocenters. The van der Waals surface area contributed by atoms with Crippen molar-refractivity contribution < 1.29 is 0 Å². The van der Waals surface area contributed by atoms with E-state index in [1.807, 2.05) is 36.4 Å². The average molecular weight is 279 g/mol. The Balaban J connectivity index is 1.85. The van der Waals surface area contributed by atoms with Crippen LogP contribution in [-0.2, 0) is 6.42 Å². The van der Waals surface area contributed by atoms with Crippen molar-refractivity contribution in [1.29, 1.82) is 5.26 Å². The molecule has 0 aliphatic heterocycles. The van der Waals surface area contributed by atoms with E-state index in [2.05, 4.69) is 17.1 Å². The second kappa shape index (κ2) is 5.41. The summed E-state index contributed by atoms with van der Waals surface area (Å²) in [6.07, 6.45) is 0.690. The van der Waals surface area contributed by atoms with E-state index in [1.54, 1.807) is 17.4 Å². The summed E-state index contributed by atoms with van der Waals surface area (Å²) in [6, 6.07) is 17.6. The zero-order chi connectivity index (χ0) is 13.9. The average Bonchev–Trinajstić information content (AvgIpc) is 2.91. The van der Waals surface area contributed by atoms with Gasteiger partial charge in [-0.1, -0.05) is 24.3 Å². The minimum Gasteiger partial charge on any atom is -0.322 e. The molecule has 1 heterocycles. The van der Waals surface area contributed by atoms with Crippen LogP contribution in [-0.4, -0.2) is 4.98 Å². The summed E-state index contributed by atoms with van der Waals surface area (Å²) in [6.45, 7) is 0. The van der Waals surface area contributed by atoms with Gasteiger partial charge in [-0.25, -0.2) is 4.98 Å². The normalized spacial score (nSPS) is 12.2. The molecular formula is C16H13N3S. The predicted molar refractivity (Wildman–Crippen MR) is 81.4 cm³/mol. The van der Waals surface area contributed by atoms with Gasteiger partial charge in [0.25, 0.3) is 0 Å². The van der Waals surface area contributed by atoms with Crippen LogP contribution in [0.1, 0.15) is 22.2 Å². The molecule has 0 saturated heterocycles. The predicted octanol–water partition coefficient (Wildman–Crippen LogP) is 3.41. The SMILES string of the molecule is N#Cc1cccc(CC(N)c2nc3ccccc3s2)c1. The van der Waals surface area contributed by atoms with Gasteiger partial charge in [-0.15, -0.1) is 11.3 Å². The fourth-order valence-electron chi connectivity index (χ4n) is 2.16. The zero-order valence-corrected chi connectivity index (χ0v) is 11.6. The molecule has 0 saturated carbocycles. The highest BCUT2D eigenvalue weighted by atomic mass is 32.1. The monoisotopic (exact) mass is 279 g/mol. The van der Waals surface area contributed by atoms with Crippen LogP contribution in [0, 0.1) is 11.3 Å². The fourth-order valence-corrected chi connectivity index (χ4v) is 3.13. The number of aromatic nitrogens is 1. The highest BCUT2D eigenvalue weighted by molar-refractivity contribution is 7.18. The molecular weight excluding hydrogens is 266 g/mol. The van der Waals surface area contributed by atoms with Crippen LogP contribution in [0.4, 0.5) is 0 Å². The van der Waals surface area contributed by atoms with Gasteiger partial charge in [0.1, 0.15) is 5.01 Å². The van der Waals surface area contributed by atoms with Crippen LogP contribution in [0.15, 0.2) is 48.5 Å². The van der Waals surface area contributed by atoms with Crippen LogP contribution in [0.25, 0.3) is 10.2 Å². The maximum atomic E-state index is 8.92. The molecule has 0 aliphatic carbocycles. The van der Waals surface area contributed by atoms with Gasteiger partial charge < -0.3 is 5.73 Å². The summed E-state index contributed by atoms with van der Waals surface area (Å²) in [5.41, 5.74) is 8.97. The van der Waals surface area contributed by atoms with Crippen molar-refractivity contribution in [3.8, 4) is 6.07 Å². The number of nitrogens with zero attached hydrogens (tertiary/aromatic N) is 2. The first-order valence-corrected chi connectivity index (χ1v) is 7.18. The maximum Gasteiger partial charge on any atom is 0.111 e. The summed E-state index contributed by atoms with van der Waals surface area (Å²) in [7, 11) is 0. The number of rotatable bonds is 3. The number of thiazole rings is 1. The van der Waals surface area contributed by atoms with Crippen LogP contribution < -0.4 is 5.73 Å². The summed E-state index contributed by atoms with van der Waals surface area (Å²) in [4.78, 5) is 4.58. The molecule has 2 aromatic carbocycles. The summed E-state index contributed by atoms with van der Waals surface area (Å²) in [5.74, 6) is 0. The molecule has 20 heavy (non-hydrogen) atoms. The van der Waals surface area contributed by atoms with E-state index in [0.29, 0.717) is 12.0 Å². The van der Waals surface area contributed by atoms with Gasteiger partial charge in [0, 0.05) is 0 Å². The Morgan fingerprint density at radius 3 is 2.85 bits per heavy atom. The minimum atomic E-state index is -0.138. The van der Waals surface area contributed by atoms with Crippen molar-refractivity contribution in [2.75, 3.05) is 0 Å². The Kier molecular flexibility index (Phi) is 3.46. The third-order valence-corrected chi connectivity index (χ3v) is 4.31.